The summed E-state index contributed by atoms with van der Waals surface area (Å²) in [5.41, 5.74) is 5.78. The number of esters is 1. The molecule has 0 aromatic carbocycles. The SMILES string of the molecule is COC(=O)CCCNC(=O)CN1CCC(OC)CC1CN. The molecule has 7 nitrogen and oxygen atoms in total. The maximum atomic E-state index is 11.9. The number of ether oxygens (including phenoxy) is 2. The number of nitrogens with zero attached hydrogens (tertiary/aromatic N) is 1. The lowest BCUT2D eigenvalue weighted by molar-refractivity contribution is -0.140. The standard InChI is InChI=1S/C14H27N3O4/c1-20-12-5-7-17(11(8-12)9-15)10-13(18)16-6-3-4-14(19)21-2/h11-12H,3-10,15H2,1-2H3,(H,16,18). The van der Waals surface area contributed by atoms with Crippen molar-refractivity contribution in [2.75, 3.05) is 40.4 Å². The smallest absolute Gasteiger partial charge is 0.305 e. The Morgan fingerprint density at radius 2 is 2.14 bits per heavy atom. The van der Waals surface area contributed by atoms with Gasteiger partial charge in [-0.25, -0.2) is 0 Å². The van der Waals surface area contributed by atoms with E-state index < -0.39 is 0 Å². The van der Waals surface area contributed by atoms with Crippen LogP contribution in [0, 0.1) is 0 Å². The molecule has 1 heterocycles. The van der Waals surface area contributed by atoms with E-state index in [1.165, 1.54) is 7.11 Å². The lowest BCUT2D eigenvalue weighted by Gasteiger charge is -2.37. The summed E-state index contributed by atoms with van der Waals surface area (Å²) >= 11 is 0. The van der Waals surface area contributed by atoms with Crippen LogP contribution in [0.3, 0.4) is 0 Å². The van der Waals surface area contributed by atoms with Gasteiger partial charge in [-0.2, -0.15) is 0 Å². The van der Waals surface area contributed by atoms with Gasteiger partial charge in [0.25, 0.3) is 0 Å². The molecule has 0 aromatic heterocycles. The maximum absolute atomic E-state index is 11.9. The van der Waals surface area contributed by atoms with E-state index in [-0.39, 0.29) is 24.0 Å². The number of hydrogen-bond acceptors (Lipinski definition) is 6. The van der Waals surface area contributed by atoms with Crippen molar-refractivity contribution in [1.29, 1.82) is 0 Å². The highest BCUT2D eigenvalue weighted by Gasteiger charge is 2.28. The highest BCUT2D eigenvalue weighted by atomic mass is 16.5. The maximum Gasteiger partial charge on any atom is 0.305 e. The van der Waals surface area contributed by atoms with Crippen LogP contribution in [0.5, 0.6) is 0 Å². The zero-order chi connectivity index (χ0) is 15.7. The molecule has 122 valence electrons. The summed E-state index contributed by atoms with van der Waals surface area (Å²) < 4.78 is 9.90. The topological polar surface area (TPSA) is 93.9 Å². The first-order valence-corrected chi connectivity index (χ1v) is 7.41. The van der Waals surface area contributed by atoms with Crippen molar-refractivity contribution in [3.8, 4) is 0 Å². The van der Waals surface area contributed by atoms with Crippen LogP contribution in [0.2, 0.25) is 0 Å². The summed E-state index contributed by atoms with van der Waals surface area (Å²) in [6, 6.07) is 0.185. The van der Waals surface area contributed by atoms with Gasteiger partial charge in [0, 0.05) is 39.2 Å². The van der Waals surface area contributed by atoms with E-state index in [9.17, 15) is 9.59 Å². The van der Waals surface area contributed by atoms with Crippen molar-refractivity contribution in [2.45, 2.75) is 37.8 Å². The molecule has 1 amide bonds. The van der Waals surface area contributed by atoms with Crippen molar-refractivity contribution in [3.05, 3.63) is 0 Å². The first-order valence-electron chi connectivity index (χ1n) is 7.41. The number of likely N-dealkylation sites (tertiary alicyclic amines) is 1. The van der Waals surface area contributed by atoms with Gasteiger partial charge in [0.05, 0.1) is 19.8 Å². The second-order valence-electron chi connectivity index (χ2n) is 5.27. The molecule has 0 radical (unpaired) electrons. The van der Waals surface area contributed by atoms with Crippen LogP contribution in [0.15, 0.2) is 0 Å². The third-order valence-electron chi connectivity index (χ3n) is 3.85. The summed E-state index contributed by atoms with van der Waals surface area (Å²) in [7, 11) is 3.07. The zero-order valence-electron chi connectivity index (χ0n) is 13.0. The fourth-order valence-corrected chi connectivity index (χ4v) is 2.53. The van der Waals surface area contributed by atoms with Gasteiger partial charge in [-0.15, -0.1) is 0 Å². The lowest BCUT2D eigenvalue weighted by atomic mass is 9.99. The molecule has 3 N–H and O–H groups in total. The van der Waals surface area contributed by atoms with Gasteiger partial charge in [-0.05, 0) is 19.3 Å². The van der Waals surface area contributed by atoms with Crippen LogP contribution in [0.1, 0.15) is 25.7 Å². The van der Waals surface area contributed by atoms with E-state index in [0.29, 0.717) is 32.5 Å². The van der Waals surface area contributed by atoms with Crippen molar-refractivity contribution < 1.29 is 19.1 Å². The number of carbonyl (C=O) groups excluding carboxylic acids is 2. The molecule has 21 heavy (non-hydrogen) atoms. The average molecular weight is 301 g/mol. The predicted octanol–water partition coefficient (Wildman–Crippen LogP) is -0.506. The van der Waals surface area contributed by atoms with Crippen LogP contribution in [0.4, 0.5) is 0 Å². The number of piperidine rings is 1. The monoisotopic (exact) mass is 301 g/mol. The summed E-state index contributed by atoms with van der Waals surface area (Å²) in [5, 5.41) is 2.82. The molecule has 1 saturated heterocycles. The van der Waals surface area contributed by atoms with Crippen LogP contribution in [-0.2, 0) is 19.1 Å². The fraction of sp³-hybridized carbons (Fsp3) is 0.857. The Hall–Kier alpha value is -1.18. The molecular formula is C14H27N3O4. The van der Waals surface area contributed by atoms with Gasteiger partial charge in [0.2, 0.25) is 5.91 Å². The molecule has 7 heteroatoms. The average Bonchev–Trinajstić information content (AvgIpc) is 2.51. The van der Waals surface area contributed by atoms with Crippen molar-refractivity contribution >= 4 is 11.9 Å². The second kappa shape index (κ2) is 9.70. The Morgan fingerprint density at radius 3 is 2.76 bits per heavy atom. The quantitative estimate of drug-likeness (QED) is 0.463. The van der Waals surface area contributed by atoms with Crippen LogP contribution in [-0.4, -0.2) is 69.3 Å². The van der Waals surface area contributed by atoms with Gasteiger partial charge >= 0.3 is 5.97 Å². The highest BCUT2D eigenvalue weighted by molar-refractivity contribution is 5.78. The summed E-state index contributed by atoms with van der Waals surface area (Å²) in [5.74, 6) is -0.289. The van der Waals surface area contributed by atoms with E-state index in [0.717, 1.165) is 19.4 Å². The van der Waals surface area contributed by atoms with E-state index in [1.54, 1.807) is 7.11 Å². The van der Waals surface area contributed by atoms with Crippen molar-refractivity contribution in [3.63, 3.8) is 0 Å². The molecule has 2 atom stereocenters. The summed E-state index contributed by atoms with van der Waals surface area (Å²) in [6.07, 6.45) is 2.93. The Balaban J connectivity index is 2.25. The van der Waals surface area contributed by atoms with E-state index in [2.05, 4.69) is 15.0 Å². The molecule has 1 fully saturated rings. The minimum Gasteiger partial charge on any atom is -0.469 e. The number of hydrogen-bond donors (Lipinski definition) is 2. The van der Waals surface area contributed by atoms with Crippen LogP contribution >= 0.6 is 0 Å². The molecule has 2 unspecified atom stereocenters. The Bertz CT molecular complexity index is 338. The van der Waals surface area contributed by atoms with Crippen molar-refractivity contribution in [2.24, 2.45) is 5.73 Å². The molecule has 1 aliphatic rings. The first kappa shape index (κ1) is 17.9. The highest BCUT2D eigenvalue weighted by Crippen LogP contribution is 2.18. The Labute approximate surface area is 126 Å². The second-order valence-corrected chi connectivity index (χ2v) is 5.27. The molecular weight excluding hydrogens is 274 g/mol. The number of amides is 1. The first-order chi connectivity index (χ1) is 10.1. The predicted molar refractivity (Wildman–Crippen MR) is 78.7 cm³/mol. The zero-order valence-corrected chi connectivity index (χ0v) is 13.0. The van der Waals surface area contributed by atoms with Gasteiger partial charge in [-0.1, -0.05) is 0 Å². The minimum absolute atomic E-state index is 0.0332. The molecule has 0 aromatic rings. The van der Waals surface area contributed by atoms with E-state index in [4.69, 9.17) is 10.5 Å². The molecule has 0 saturated carbocycles. The number of nitrogens with one attached hydrogen (secondary N) is 1. The number of methoxy groups -OCH3 is 2. The molecule has 1 aliphatic heterocycles. The number of rotatable bonds is 8. The Kier molecular flexibility index (Phi) is 8.26. The third-order valence-corrected chi connectivity index (χ3v) is 3.85. The molecule has 1 rings (SSSR count). The van der Waals surface area contributed by atoms with E-state index >= 15 is 0 Å². The van der Waals surface area contributed by atoms with Gasteiger partial charge in [0.15, 0.2) is 0 Å². The van der Waals surface area contributed by atoms with Crippen LogP contribution < -0.4 is 11.1 Å². The van der Waals surface area contributed by atoms with E-state index in [1.807, 2.05) is 0 Å². The minimum atomic E-state index is -0.255. The van der Waals surface area contributed by atoms with Crippen LogP contribution in [0.25, 0.3) is 0 Å². The lowest BCUT2D eigenvalue weighted by Crippen LogP contribution is -2.51. The summed E-state index contributed by atoms with van der Waals surface area (Å²) in [4.78, 5) is 24.9. The summed E-state index contributed by atoms with van der Waals surface area (Å²) in [6.45, 7) is 2.16. The normalized spacial score (nSPS) is 22.8. The van der Waals surface area contributed by atoms with Gasteiger partial charge in [0.1, 0.15) is 0 Å². The molecule has 0 bridgehead atoms. The Morgan fingerprint density at radius 1 is 1.38 bits per heavy atom. The third kappa shape index (κ3) is 6.41. The fourth-order valence-electron chi connectivity index (χ4n) is 2.53. The van der Waals surface area contributed by atoms with Gasteiger partial charge < -0.3 is 20.5 Å². The number of carbonyl (C=O) groups is 2. The number of nitrogens with two attached hydrogens (primary N) is 1. The van der Waals surface area contributed by atoms with Crippen molar-refractivity contribution in [1.82, 2.24) is 10.2 Å². The molecule has 0 spiro atoms. The largest absolute Gasteiger partial charge is 0.469 e. The van der Waals surface area contributed by atoms with Gasteiger partial charge in [-0.3, -0.25) is 14.5 Å². The molecule has 0 aliphatic carbocycles.